The van der Waals surface area contributed by atoms with Crippen LogP contribution in [0.4, 0.5) is 4.39 Å². The van der Waals surface area contributed by atoms with Crippen LogP contribution in [0, 0.1) is 0 Å². The SMILES string of the molecule is CN(C(N)=NC1CC1(F)c1ccccc1)C1CC1. The number of hydrogen-bond donors (Lipinski definition) is 1. The summed E-state index contributed by atoms with van der Waals surface area (Å²) in [4.78, 5) is 6.29. The number of benzene rings is 1. The molecule has 96 valence electrons. The maximum Gasteiger partial charge on any atom is 0.191 e. The van der Waals surface area contributed by atoms with Crippen molar-refractivity contribution in [2.24, 2.45) is 10.7 Å². The lowest BCUT2D eigenvalue weighted by molar-refractivity contribution is 0.305. The number of alkyl halides is 1. The van der Waals surface area contributed by atoms with Crippen LogP contribution < -0.4 is 5.73 Å². The Morgan fingerprint density at radius 1 is 1.39 bits per heavy atom. The molecule has 2 fully saturated rings. The molecule has 0 spiro atoms. The molecule has 0 amide bonds. The lowest BCUT2D eigenvalue weighted by Crippen LogP contribution is -2.36. The van der Waals surface area contributed by atoms with Crippen molar-refractivity contribution in [1.82, 2.24) is 4.90 Å². The molecular weight excluding hydrogens is 229 g/mol. The standard InChI is InChI=1S/C14H18FN3/c1-18(11-7-8-11)13(16)17-12-9-14(12,15)10-5-3-2-4-6-10/h2-6,11-12H,7-9H2,1H3,(H2,16,17). The number of guanidine groups is 1. The summed E-state index contributed by atoms with van der Waals surface area (Å²) in [6.07, 6.45) is 2.77. The van der Waals surface area contributed by atoms with Crippen LogP contribution >= 0.6 is 0 Å². The van der Waals surface area contributed by atoms with Crippen LogP contribution in [0.25, 0.3) is 0 Å². The molecule has 2 atom stereocenters. The van der Waals surface area contributed by atoms with E-state index < -0.39 is 5.67 Å². The Hall–Kier alpha value is -1.58. The third-order valence-electron chi connectivity index (χ3n) is 3.86. The zero-order valence-electron chi connectivity index (χ0n) is 10.5. The van der Waals surface area contributed by atoms with E-state index in [-0.39, 0.29) is 6.04 Å². The predicted molar refractivity (Wildman–Crippen MR) is 70.0 cm³/mol. The zero-order valence-corrected chi connectivity index (χ0v) is 10.5. The summed E-state index contributed by atoms with van der Waals surface area (Å²) in [5, 5.41) is 0. The highest BCUT2D eigenvalue weighted by atomic mass is 19.1. The first-order chi connectivity index (χ1) is 8.61. The molecule has 0 saturated heterocycles. The van der Waals surface area contributed by atoms with Gasteiger partial charge in [0.15, 0.2) is 11.6 Å². The molecule has 3 nitrogen and oxygen atoms in total. The molecule has 2 N–H and O–H groups in total. The number of halogens is 1. The van der Waals surface area contributed by atoms with Crippen molar-refractivity contribution in [3.63, 3.8) is 0 Å². The van der Waals surface area contributed by atoms with Gasteiger partial charge >= 0.3 is 0 Å². The van der Waals surface area contributed by atoms with Crippen molar-refractivity contribution in [3.8, 4) is 0 Å². The first kappa shape index (κ1) is 11.5. The van der Waals surface area contributed by atoms with E-state index in [0.29, 0.717) is 24.0 Å². The number of rotatable bonds is 3. The summed E-state index contributed by atoms with van der Waals surface area (Å²) in [5.41, 5.74) is 5.31. The molecule has 2 unspecified atom stereocenters. The molecule has 0 aromatic heterocycles. The first-order valence-electron chi connectivity index (χ1n) is 6.42. The van der Waals surface area contributed by atoms with Crippen molar-refractivity contribution in [2.75, 3.05) is 7.05 Å². The fourth-order valence-electron chi connectivity index (χ4n) is 2.30. The third-order valence-corrected chi connectivity index (χ3v) is 3.86. The van der Waals surface area contributed by atoms with Gasteiger partial charge in [-0.05, 0) is 18.4 Å². The zero-order chi connectivity index (χ0) is 12.8. The lowest BCUT2D eigenvalue weighted by atomic mass is 10.1. The average Bonchev–Trinajstić information content (AvgIpc) is 3.28. The quantitative estimate of drug-likeness (QED) is 0.656. The van der Waals surface area contributed by atoms with Gasteiger partial charge in [-0.2, -0.15) is 0 Å². The van der Waals surface area contributed by atoms with Crippen LogP contribution in [0.2, 0.25) is 0 Å². The highest BCUT2D eigenvalue weighted by Crippen LogP contribution is 2.52. The van der Waals surface area contributed by atoms with E-state index >= 15 is 0 Å². The molecule has 1 aromatic carbocycles. The Bertz CT molecular complexity index is 469. The van der Waals surface area contributed by atoms with E-state index in [1.54, 1.807) is 0 Å². The van der Waals surface area contributed by atoms with Crippen molar-refractivity contribution < 1.29 is 4.39 Å². The monoisotopic (exact) mass is 247 g/mol. The van der Waals surface area contributed by atoms with E-state index in [2.05, 4.69) is 4.99 Å². The van der Waals surface area contributed by atoms with Gasteiger partial charge in [-0.15, -0.1) is 0 Å². The van der Waals surface area contributed by atoms with Gasteiger partial charge < -0.3 is 10.6 Å². The summed E-state index contributed by atoms with van der Waals surface area (Å²) in [7, 11) is 1.93. The Morgan fingerprint density at radius 2 is 2.06 bits per heavy atom. The highest BCUT2D eigenvalue weighted by molar-refractivity contribution is 5.79. The number of aliphatic imine (C=N–C) groups is 1. The third kappa shape index (κ3) is 1.96. The van der Waals surface area contributed by atoms with Gasteiger partial charge in [0.25, 0.3) is 0 Å². The van der Waals surface area contributed by atoms with Gasteiger partial charge in [-0.25, -0.2) is 9.38 Å². The van der Waals surface area contributed by atoms with E-state index in [1.165, 1.54) is 0 Å². The molecule has 2 saturated carbocycles. The first-order valence-corrected chi connectivity index (χ1v) is 6.42. The molecule has 0 bridgehead atoms. The van der Waals surface area contributed by atoms with Crippen LogP contribution in [0.5, 0.6) is 0 Å². The summed E-state index contributed by atoms with van der Waals surface area (Å²) in [5.74, 6) is 0.470. The van der Waals surface area contributed by atoms with Crippen LogP contribution in [-0.4, -0.2) is 30.0 Å². The fourth-order valence-corrected chi connectivity index (χ4v) is 2.30. The minimum atomic E-state index is -1.31. The molecule has 2 aliphatic rings. The van der Waals surface area contributed by atoms with Crippen LogP contribution in [0.15, 0.2) is 35.3 Å². The second-order valence-electron chi connectivity index (χ2n) is 5.28. The molecule has 3 rings (SSSR count). The van der Waals surface area contributed by atoms with Crippen LogP contribution in [0.3, 0.4) is 0 Å². The van der Waals surface area contributed by atoms with Crippen LogP contribution in [-0.2, 0) is 5.67 Å². The Labute approximate surface area is 106 Å². The molecule has 0 heterocycles. The van der Waals surface area contributed by atoms with E-state index in [0.717, 1.165) is 12.8 Å². The summed E-state index contributed by atoms with van der Waals surface area (Å²) in [6.45, 7) is 0. The molecule has 2 aliphatic carbocycles. The van der Waals surface area contributed by atoms with Crippen molar-refractivity contribution in [3.05, 3.63) is 35.9 Å². The lowest BCUT2D eigenvalue weighted by Gasteiger charge is -2.17. The number of nitrogens with two attached hydrogens (primary N) is 1. The van der Waals surface area contributed by atoms with E-state index in [4.69, 9.17) is 5.73 Å². The van der Waals surface area contributed by atoms with Gasteiger partial charge in [-0.1, -0.05) is 30.3 Å². The predicted octanol–water partition coefficient (Wildman–Crippen LogP) is 2.03. The Kier molecular flexibility index (Phi) is 2.54. The van der Waals surface area contributed by atoms with Gasteiger partial charge in [0.2, 0.25) is 0 Å². The molecule has 4 heteroatoms. The van der Waals surface area contributed by atoms with Crippen molar-refractivity contribution in [2.45, 2.75) is 37.0 Å². The second kappa shape index (κ2) is 3.97. The van der Waals surface area contributed by atoms with Gasteiger partial charge in [-0.3, -0.25) is 0 Å². The normalized spacial score (nSPS) is 31.2. The summed E-state index contributed by atoms with van der Waals surface area (Å²) >= 11 is 0. The van der Waals surface area contributed by atoms with Gasteiger partial charge in [0.05, 0.1) is 6.04 Å². The number of hydrogen-bond acceptors (Lipinski definition) is 1. The van der Waals surface area contributed by atoms with Crippen LogP contribution in [0.1, 0.15) is 24.8 Å². The van der Waals surface area contributed by atoms with Gasteiger partial charge in [0.1, 0.15) is 0 Å². The number of nitrogens with zero attached hydrogens (tertiary/aromatic N) is 2. The Balaban J connectivity index is 1.71. The maximum absolute atomic E-state index is 14.6. The second-order valence-corrected chi connectivity index (χ2v) is 5.28. The van der Waals surface area contributed by atoms with E-state index in [1.807, 2.05) is 42.3 Å². The molecule has 18 heavy (non-hydrogen) atoms. The summed E-state index contributed by atoms with van der Waals surface area (Å²) < 4.78 is 14.6. The topological polar surface area (TPSA) is 41.6 Å². The van der Waals surface area contributed by atoms with Crippen molar-refractivity contribution >= 4 is 5.96 Å². The molecule has 1 aromatic rings. The molecule has 0 aliphatic heterocycles. The minimum absolute atomic E-state index is 0.318. The van der Waals surface area contributed by atoms with Crippen molar-refractivity contribution in [1.29, 1.82) is 0 Å². The Morgan fingerprint density at radius 3 is 2.67 bits per heavy atom. The highest BCUT2D eigenvalue weighted by Gasteiger charge is 2.57. The smallest absolute Gasteiger partial charge is 0.191 e. The van der Waals surface area contributed by atoms with E-state index in [9.17, 15) is 4.39 Å². The van der Waals surface area contributed by atoms with Gasteiger partial charge in [0, 0.05) is 19.5 Å². The maximum atomic E-state index is 14.6. The molecule has 0 radical (unpaired) electrons. The molecular formula is C14H18FN3. The summed E-state index contributed by atoms with van der Waals surface area (Å²) in [6, 6.07) is 9.43. The minimum Gasteiger partial charge on any atom is -0.370 e. The average molecular weight is 247 g/mol. The fraction of sp³-hybridized carbons (Fsp3) is 0.500. The largest absolute Gasteiger partial charge is 0.370 e.